The molecule has 0 aromatic carbocycles. The molecule has 0 aromatic rings. The summed E-state index contributed by atoms with van der Waals surface area (Å²) in [6.45, 7) is 5.83. The second-order valence-electron chi connectivity index (χ2n) is 11.3. The number of hydrogen-bond acceptors (Lipinski definition) is 1. The van der Waals surface area contributed by atoms with E-state index in [1.807, 2.05) is 0 Å². The minimum absolute atomic E-state index is 0.556. The molecule has 1 nitrogen and oxygen atoms in total. The average Bonchev–Trinajstić information content (AvgIpc) is 2.74. The van der Waals surface area contributed by atoms with Crippen LogP contribution >= 0.6 is 0 Å². The van der Waals surface area contributed by atoms with Gasteiger partial charge < -0.3 is 4.74 Å². The normalized spacial score (nSPS) is 45.1. The summed E-state index contributed by atoms with van der Waals surface area (Å²) in [5.74, 6) is 6.61. The molecule has 3 fully saturated rings. The Labute approximate surface area is 175 Å². The Morgan fingerprint density at radius 2 is 1.11 bits per heavy atom. The molecule has 4 rings (SSSR count). The van der Waals surface area contributed by atoms with Crippen molar-refractivity contribution in [3.8, 4) is 0 Å². The van der Waals surface area contributed by atoms with Gasteiger partial charge in [0.05, 0.1) is 12.7 Å². The molecule has 0 bridgehead atoms. The van der Waals surface area contributed by atoms with Crippen molar-refractivity contribution in [3.63, 3.8) is 0 Å². The Morgan fingerprint density at radius 1 is 0.571 bits per heavy atom. The minimum atomic E-state index is 0.556. The fourth-order valence-corrected chi connectivity index (χ4v) is 6.89. The quantitative estimate of drug-likeness (QED) is 0.438. The van der Waals surface area contributed by atoms with Gasteiger partial charge in [-0.2, -0.15) is 0 Å². The highest BCUT2D eigenvalue weighted by Gasteiger charge is 2.33. The minimum Gasteiger partial charge on any atom is -0.378 e. The molecular weight excluding hydrogens is 340 g/mol. The van der Waals surface area contributed by atoms with Gasteiger partial charge in [0.15, 0.2) is 0 Å². The van der Waals surface area contributed by atoms with Crippen molar-refractivity contribution in [3.05, 3.63) is 12.2 Å². The standard InChI is InChI=1S/C27H46O/c1-20-3-9-23(10-4-20)25-13-15-26(16-14-25)24-11-7-22(8-12-24)19-28-27-17-5-21(2)6-18-27/h7,11,20-27H,3-6,8-10,12-19H2,1-2H3. The van der Waals surface area contributed by atoms with Crippen LogP contribution in [-0.2, 0) is 4.74 Å². The Bertz CT molecular complexity index is 472. The largest absolute Gasteiger partial charge is 0.378 e. The number of ether oxygens (including phenoxy) is 1. The maximum absolute atomic E-state index is 6.29. The number of hydrogen-bond donors (Lipinski definition) is 0. The van der Waals surface area contributed by atoms with Gasteiger partial charge in [-0.3, -0.25) is 0 Å². The lowest BCUT2D eigenvalue weighted by Crippen LogP contribution is -2.29. The van der Waals surface area contributed by atoms with Gasteiger partial charge in [0.25, 0.3) is 0 Å². The Hall–Kier alpha value is -0.300. The van der Waals surface area contributed by atoms with E-state index < -0.39 is 0 Å². The summed E-state index contributed by atoms with van der Waals surface area (Å²) >= 11 is 0. The van der Waals surface area contributed by atoms with Crippen LogP contribution in [0.1, 0.15) is 104 Å². The summed E-state index contributed by atoms with van der Waals surface area (Å²) in [5.41, 5.74) is 0. The van der Waals surface area contributed by atoms with E-state index in [1.165, 1.54) is 89.9 Å². The summed E-state index contributed by atoms with van der Waals surface area (Å²) in [5, 5.41) is 0. The van der Waals surface area contributed by atoms with Gasteiger partial charge in [-0.05, 0) is 113 Å². The van der Waals surface area contributed by atoms with E-state index in [-0.39, 0.29) is 0 Å². The highest BCUT2D eigenvalue weighted by atomic mass is 16.5. The molecule has 0 heterocycles. The predicted molar refractivity (Wildman–Crippen MR) is 119 cm³/mol. The van der Waals surface area contributed by atoms with Crippen LogP contribution < -0.4 is 0 Å². The Morgan fingerprint density at radius 3 is 1.68 bits per heavy atom. The Kier molecular flexibility index (Phi) is 7.59. The van der Waals surface area contributed by atoms with E-state index in [0.29, 0.717) is 12.0 Å². The molecule has 0 spiro atoms. The predicted octanol–water partition coefficient (Wildman–Crippen LogP) is 7.80. The van der Waals surface area contributed by atoms with E-state index in [9.17, 15) is 0 Å². The summed E-state index contributed by atoms with van der Waals surface area (Å²) < 4.78 is 6.29. The van der Waals surface area contributed by atoms with Crippen molar-refractivity contribution in [2.24, 2.45) is 41.4 Å². The zero-order chi connectivity index (χ0) is 19.3. The Balaban J connectivity index is 1.15. The summed E-state index contributed by atoms with van der Waals surface area (Å²) in [6, 6.07) is 0. The third-order valence-corrected chi connectivity index (χ3v) is 9.16. The van der Waals surface area contributed by atoms with Crippen LogP contribution in [0.5, 0.6) is 0 Å². The van der Waals surface area contributed by atoms with E-state index in [0.717, 1.165) is 42.1 Å². The summed E-state index contributed by atoms with van der Waals surface area (Å²) in [4.78, 5) is 0. The van der Waals surface area contributed by atoms with Crippen LogP contribution in [0, 0.1) is 41.4 Å². The van der Waals surface area contributed by atoms with Crippen molar-refractivity contribution < 1.29 is 4.74 Å². The maximum Gasteiger partial charge on any atom is 0.0575 e. The number of allylic oxidation sites excluding steroid dienone is 1. The molecule has 2 atom stereocenters. The first kappa shape index (κ1) is 21.0. The fraction of sp³-hybridized carbons (Fsp3) is 0.926. The van der Waals surface area contributed by atoms with E-state index in [1.54, 1.807) is 0 Å². The lowest BCUT2D eigenvalue weighted by molar-refractivity contribution is 0.00431. The molecule has 0 radical (unpaired) electrons. The zero-order valence-corrected chi connectivity index (χ0v) is 18.8. The van der Waals surface area contributed by atoms with Gasteiger partial charge >= 0.3 is 0 Å². The molecule has 4 aliphatic rings. The molecule has 3 saturated carbocycles. The maximum atomic E-state index is 6.29. The fourth-order valence-electron chi connectivity index (χ4n) is 6.89. The van der Waals surface area contributed by atoms with Gasteiger partial charge in [-0.15, -0.1) is 0 Å². The molecule has 1 heteroatoms. The molecule has 160 valence electrons. The molecule has 2 unspecified atom stereocenters. The van der Waals surface area contributed by atoms with Crippen molar-refractivity contribution in [2.75, 3.05) is 6.61 Å². The van der Waals surface area contributed by atoms with Crippen molar-refractivity contribution in [1.82, 2.24) is 0 Å². The van der Waals surface area contributed by atoms with Crippen LogP contribution in [0.3, 0.4) is 0 Å². The van der Waals surface area contributed by atoms with Crippen LogP contribution in [0.15, 0.2) is 12.2 Å². The summed E-state index contributed by atoms with van der Waals surface area (Å²) in [6.07, 6.45) is 25.9. The zero-order valence-electron chi connectivity index (χ0n) is 18.8. The van der Waals surface area contributed by atoms with E-state index in [2.05, 4.69) is 26.0 Å². The first-order chi connectivity index (χ1) is 13.7. The van der Waals surface area contributed by atoms with Gasteiger partial charge in [-0.25, -0.2) is 0 Å². The van der Waals surface area contributed by atoms with Crippen LogP contribution in [0.25, 0.3) is 0 Å². The summed E-state index contributed by atoms with van der Waals surface area (Å²) in [7, 11) is 0. The van der Waals surface area contributed by atoms with Gasteiger partial charge in [0, 0.05) is 5.92 Å². The van der Waals surface area contributed by atoms with Crippen LogP contribution in [0.2, 0.25) is 0 Å². The molecule has 28 heavy (non-hydrogen) atoms. The SMILES string of the molecule is CC1CCC(OCC2C=CC(C3CCC(C4CCC(C)CC4)CC3)CC2)CC1. The van der Waals surface area contributed by atoms with Crippen LogP contribution in [-0.4, -0.2) is 12.7 Å². The lowest BCUT2D eigenvalue weighted by atomic mass is 9.66. The van der Waals surface area contributed by atoms with Crippen molar-refractivity contribution in [1.29, 1.82) is 0 Å². The van der Waals surface area contributed by atoms with Gasteiger partial charge in [0.1, 0.15) is 0 Å². The second-order valence-corrected chi connectivity index (χ2v) is 11.3. The smallest absolute Gasteiger partial charge is 0.0575 e. The van der Waals surface area contributed by atoms with Gasteiger partial charge in [0.2, 0.25) is 0 Å². The molecule has 0 aromatic heterocycles. The van der Waals surface area contributed by atoms with Crippen LogP contribution in [0.4, 0.5) is 0 Å². The highest BCUT2D eigenvalue weighted by Crippen LogP contribution is 2.44. The van der Waals surface area contributed by atoms with Crippen molar-refractivity contribution in [2.45, 2.75) is 110 Å². The first-order valence-electron chi connectivity index (χ1n) is 13.0. The lowest BCUT2D eigenvalue weighted by Gasteiger charge is -2.39. The first-order valence-corrected chi connectivity index (χ1v) is 13.0. The second kappa shape index (κ2) is 10.1. The number of rotatable bonds is 5. The van der Waals surface area contributed by atoms with Gasteiger partial charge in [-0.1, -0.05) is 38.8 Å². The topological polar surface area (TPSA) is 9.23 Å². The van der Waals surface area contributed by atoms with E-state index >= 15 is 0 Å². The molecular formula is C27H46O. The third-order valence-electron chi connectivity index (χ3n) is 9.16. The van der Waals surface area contributed by atoms with E-state index in [4.69, 9.17) is 4.74 Å². The molecule has 4 aliphatic carbocycles. The molecule has 0 aliphatic heterocycles. The monoisotopic (exact) mass is 386 g/mol. The molecule has 0 amide bonds. The highest BCUT2D eigenvalue weighted by molar-refractivity contribution is 5.01. The molecule has 0 N–H and O–H groups in total. The molecule has 0 saturated heterocycles. The third kappa shape index (κ3) is 5.65. The average molecular weight is 387 g/mol. The van der Waals surface area contributed by atoms with Crippen molar-refractivity contribution >= 4 is 0 Å².